The SMILES string of the molecule is CCNC(CCN(CC)CC1CC1)C(=O)O. The van der Waals surface area contributed by atoms with Crippen molar-refractivity contribution in [3.05, 3.63) is 0 Å². The first-order valence-electron chi connectivity index (χ1n) is 6.35. The fourth-order valence-electron chi connectivity index (χ4n) is 1.91. The van der Waals surface area contributed by atoms with Crippen molar-refractivity contribution in [1.82, 2.24) is 10.2 Å². The number of carbonyl (C=O) groups is 1. The lowest BCUT2D eigenvalue weighted by atomic mass is 10.2. The van der Waals surface area contributed by atoms with E-state index in [4.69, 9.17) is 5.11 Å². The predicted octanol–water partition coefficient (Wildman–Crippen LogP) is 1.17. The van der Waals surface area contributed by atoms with Crippen LogP contribution in [-0.4, -0.2) is 48.2 Å². The van der Waals surface area contributed by atoms with Gasteiger partial charge in [0.2, 0.25) is 0 Å². The molecule has 0 aromatic rings. The fraction of sp³-hybridized carbons (Fsp3) is 0.917. The molecule has 1 atom stereocenters. The standard InChI is InChI=1S/C12H24N2O2/c1-3-13-11(12(15)16)7-8-14(4-2)9-10-5-6-10/h10-11,13H,3-9H2,1-2H3,(H,15,16). The molecule has 4 nitrogen and oxygen atoms in total. The van der Waals surface area contributed by atoms with E-state index in [2.05, 4.69) is 17.1 Å². The van der Waals surface area contributed by atoms with Gasteiger partial charge in [0.1, 0.15) is 6.04 Å². The quantitative estimate of drug-likeness (QED) is 0.622. The predicted molar refractivity (Wildman–Crippen MR) is 64.6 cm³/mol. The Morgan fingerprint density at radius 3 is 2.62 bits per heavy atom. The maximum Gasteiger partial charge on any atom is 0.320 e. The minimum Gasteiger partial charge on any atom is -0.480 e. The van der Waals surface area contributed by atoms with E-state index < -0.39 is 12.0 Å². The molecule has 0 aliphatic heterocycles. The van der Waals surface area contributed by atoms with Gasteiger partial charge in [0.25, 0.3) is 0 Å². The molecule has 1 unspecified atom stereocenters. The molecule has 0 aromatic heterocycles. The van der Waals surface area contributed by atoms with Gasteiger partial charge in [-0.15, -0.1) is 0 Å². The summed E-state index contributed by atoms with van der Waals surface area (Å²) < 4.78 is 0. The van der Waals surface area contributed by atoms with Crippen LogP contribution in [0.25, 0.3) is 0 Å². The lowest BCUT2D eigenvalue weighted by molar-refractivity contribution is -0.139. The van der Waals surface area contributed by atoms with Crippen molar-refractivity contribution in [2.24, 2.45) is 5.92 Å². The molecule has 16 heavy (non-hydrogen) atoms. The summed E-state index contributed by atoms with van der Waals surface area (Å²) in [6.07, 6.45) is 3.40. The molecule has 0 spiro atoms. The third kappa shape index (κ3) is 4.94. The van der Waals surface area contributed by atoms with Crippen molar-refractivity contribution in [2.75, 3.05) is 26.2 Å². The molecule has 0 heterocycles. The van der Waals surface area contributed by atoms with Gasteiger partial charge < -0.3 is 15.3 Å². The summed E-state index contributed by atoms with van der Waals surface area (Å²) >= 11 is 0. The Balaban J connectivity index is 2.24. The minimum absolute atomic E-state index is 0.391. The number of nitrogens with zero attached hydrogens (tertiary/aromatic N) is 1. The smallest absolute Gasteiger partial charge is 0.320 e. The molecule has 0 bridgehead atoms. The van der Waals surface area contributed by atoms with Gasteiger partial charge in [-0.2, -0.15) is 0 Å². The van der Waals surface area contributed by atoms with Crippen LogP contribution in [0, 0.1) is 5.92 Å². The monoisotopic (exact) mass is 228 g/mol. The zero-order chi connectivity index (χ0) is 12.0. The molecule has 2 N–H and O–H groups in total. The van der Waals surface area contributed by atoms with E-state index in [1.165, 1.54) is 12.8 Å². The summed E-state index contributed by atoms with van der Waals surface area (Å²) in [4.78, 5) is 13.3. The highest BCUT2D eigenvalue weighted by Crippen LogP contribution is 2.29. The maximum absolute atomic E-state index is 10.9. The van der Waals surface area contributed by atoms with Crippen LogP contribution in [0.2, 0.25) is 0 Å². The first kappa shape index (κ1) is 13.5. The summed E-state index contributed by atoms with van der Waals surface area (Å²) in [6.45, 7) is 7.86. The highest BCUT2D eigenvalue weighted by atomic mass is 16.4. The molecular formula is C12H24N2O2. The van der Waals surface area contributed by atoms with Crippen LogP contribution in [0.3, 0.4) is 0 Å². The summed E-state index contributed by atoms with van der Waals surface area (Å²) in [6, 6.07) is -0.391. The third-order valence-corrected chi connectivity index (χ3v) is 3.14. The number of hydrogen-bond donors (Lipinski definition) is 2. The Bertz CT molecular complexity index is 217. The molecular weight excluding hydrogens is 204 g/mol. The van der Waals surface area contributed by atoms with Crippen LogP contribution in [0.15, 0.2) is 0 Å². The molecule has 4 heteroatoms. The number of hydrogen-bond acceptors (Lipinski definition) is 3. The average molecular weight is 228 g/mol. The number of nitrogens with one attached hydrogen (secondary N) is 1. The largest absolute Gasteiger partial charge is 0.480 e. The van der Waals surface area contributed by atoms with E-state index in [-0.39, 0.29) is 0 Å². The van der Waals surface area contributed by atoms with E-state index in [0.29, 0.717) is 13.0 Å². The second kappa shape index (κ2) is 6.86. The first-order chi connectivity index (χ1) is 7.67. The highest BCUT2D eigenvalue weighted by Gasteiger charge is 2.24. The van der Waals surface area contributed by atoms with Gasteiger partial charge in [-0.1, -0.05) is 13.8 Å². The van der Waals surface area contributed by atoms with Gasteiger partial charge in [0.05, 0.1) is 0 Å². The zero-order valence-corrected chi connectivity index (χ0v) is 10.4. The number of aliphatic carboxylic acids is 1. The number of rotatable bonds is 9. The maximum atomic E-state index is 10.9. The first-order valence-corrected chi connectivity index (χ1v) is 6.35. The van der Waals surface area contributed by atoms with Crippen LogP contribution in [0.4, 0.5) is 0 Å². The van der Waals surface area contributed by atoms with Crippen LogP contribution < -0.4 is 5.32 Å². The summed E-state index contributed by atoms with van der Waals surface area (Å²) in [5, 5.41) is 12.0. The van der Waals surface area contributed by atoms with E-state index in [1.54, 1.807) is 0 Å². The molecule has 1 aliphatic rings. The third-order valence-electron chi connectivity index (χ3n) is 3.14. The summed E-state index contributed by atoms with van der Waals surface area (Å²) in [7, 11) is 0. The van der Waals surface area contributed by atoms with Crippen LogP contribution in [0.5, 0.6) is 0 Å². The molecule has 0 radical (unpaired) electrons. The van der Waals surface area contributed by atoms with Gasteiger partial charge in [-0.25, -0.2) is 0 Å². The van der Waals surface area contributed by atoms with Gasteiger partial charge >= 0.3 is 5.97 Å². The van der Waals surface area contributed by atoms with Gasteiger partial charge in [0, 0.05) is 13.1 Å². The van der Waals surface area contributed by atoms with Gasteiger partial charge in [0.15, 0.2) is 0 Å². The molecule has 0 amide bonds. The minimum atomic E-state index is -0.732. The molecule has 0 saturated heterocycles. The normalized spacial score (nSPS) is 17.7. The summed E-state index contributed by atoms with van der Waals surface area (Å²) in [5.41, 5.74) is 0. The van der Waals surface area contributed by atoms with Gasteiger partial charge in [-0.3, -0.25) is 4.79 Å². The van der Waals surface area contributed by atoms with Gasteiger partial charge in [-0.05, 0) is 38.3 Å². The Hall–Kier alpha value is -0.610. The highest BCUT2D eigenvalue weighted by molar-refractivity contribution is 5.73. The van der Waals surface area contributed by atoms with E-state index in [1.807, 2.05) is 6.92 Å². The van der Waals surface area contributed by atoms with E-state index in [9.17, 15) is 4.79 Å². The number of likely N-dealkylation sites (N-methyl/N-ethyl adjacent to an activating group) is 1. The van der Waals surface area contributed by atoms with Crippen molar-refractivity contribution >= 4 is 5.97 Å². The van der Waals surface area contributed by atoms with Crippen molar-refractivity contribution < 1.29 is 9.90 Å². The fourth-order valence-corrected chi connectivity index (χ4v) is 1.91. The number of carboxylic acids is 1. The Morgan fingerprint density at radius 2 is 2.19 bits per heavy atom. The van der Waals surface area contributed by atoms with Crippen LogP contribution in [0.1, 0.15) is 33.1 Å². The molecule has 1 aliphatic carbocycles. The van der Waals surface area contributed by atoms with Crippen molar-refractivity contribution in [1.29, 1.82) is 0 Å². The molecule has 94 valence electrons. The van der Waals surface area contributed by atoms with Crippen molar-refractivity contribution in [2.45, 2.75) is 39.2 Å². The van der Waals surface area contributed by atoms with E-state index >= 15 is 0 Å². The Labute approximate surface area is 98.0 Å². The zero-order valence-electron chi connectivity index (χ0n) is 10.4. The Morgan fingerprint density at radius 1 is 1.50 bits per heavy atom. The molecule has 1 saturated carbocycles. The molecule has 1 fully saturated rings. The Kier molecular flexibility index (Phi) is 5.77. The van der Waals surface area contributed by atoms with Crippen molar-refractivity contribution in [3.8, 4) is 0 Å². The molecule has 1 rings (SSSR count). The second-order valence-corrected chi connectivity index (χ2v) is 4.57. The number of carboxylic acid groups (broad SMARTS) is 1. The van der Waals surface area contributed by atoms with E-state index in [0.717, 1.165) is 25.6 Å². The van der Waals surface area contributed by atoms with Crippen LogP contribution >= 0.6 is 0 Å². The summed E-state index contributed by atoms with van der Waals surface area (Å²) in [5.74, 6) is 0.145. The van der Waals surface area contributed by atoms with Crippen LogP contribution in [-0.2, 0) is 4.79 Å². The molecule has 0 aromatic carbocycles. The van der Waals surface area contributed by atoms with Crippen molar-refractivity contribution in [3.63, 3.8) is 0 Å². The lowest BCUT2D eigenvalue weighted by Gasteiger charge is -2.22. The second-order valence-electron chi connectivity index (χ2n) is 4.57. The lowest BCUT2D eigenvalue weighted by Crippen LogP contribution is -2.40. The average Bonchev–Trinajstić information content (AvgIpc) is 3.05. The topological polar surface area (TPSA) is 52.6 Å².